The molecule has 0 radical (unpaired) electrons. The lowest BCUT2D eigenvalue weighted by Crippen LogP contribution is -2.34. The van der Waals surface area contributed by atoms with E-state index in [1.165, 1.54) is 0 Å². The van der Waals surface area contributed by atoms with E-state index in [0.29, 0.717) is 12.3 Å². The number of aromatic nitrogens is 2. The Morgan fingerprint density at radius 1 is 1.28 bits per heavy atom. The Labute approximate surface area is 148 Å². The maximum absolute atomic E-state index is 13.1. The van der Waals surface area contributed by atoms with Crippen LogP contribution in [0.4, 0.5) is 5.69 Å². The van der Waals surface area contributed by atoms with Crippen LogP contribution in [0, 0.1) is 5.92 Å². The Morgan fingerprint density at radius 3 is 2.64 bits per heavy atom. The molecule has 2 aromatic rings. The summed E-state index contributed by atoms with van der Waals surface area (Å²) in [5.74, 6) is 1.72. The number of nitrogens with zero attached hydrogens (tertiary/aromatic N) is 3. The van der Waals surface area contributed by atoms with Gasteiger partial charge in [0.2, 0.25) is 5.91 Å². The molecule has 25 heavy (non-hydrogen) atoms. The Bertz CT molecular complexity index is 735. The Morgan fingerprint density at radius 2 is 2.04 bits per heavy atom. The molecule has 3 rings (SSSR count). The second kappa shape index (κ2) is 7.59. The number of hydrogen-bond donors (Lipinski definition) is 0. The fourth-order valence-electron chi connectivity index (χ4n) is 3.39. The van der Waals surface area contributed by atoms with Gasteiger partial charge in [0.1, 0.15) is 11.5 Å². The molecule has 1 heterocycles. The number of methoxy groups -OCH3 is 2. The molecule has 1 amide bonds. The number of aryl methyl sites for hydroxylation is 1. The van der Waals surface area contributed by atoms with E-state index in [1.54, 1.807) is 25.1 Å². The van der Waals surface area contributed by atoms with Crippen LogP contribution in [-0.4, -0.2) is 29.9 Å². The van der Waals surface area contributed by atoms with Gasteiger partial charge in [-0.15, -0.1) is 0 Å². The van der Waals surface area contributed by atoms with Gasteiger partial charge in [-0.1, -0.05) is 12.8 Å². The van der Waals surface area contributed by atoms with Crippen molar-refractivity contribution in [3.63, 3.8) is 0 Å². The average Bonchev–Trinajstić information content (AvgIpc) is 3.31. The van der Waals surface area contributed by atoms with E-state index in [0.717, 1.165) is 42.7 Å². The predicted molar refractivity (Wildman–Crippen MR) is 95.9 cm³/mol. The number of benzene rings is 1. The molecular formula is C19H25N3O3. The monoisotopic (exact) mass is 343 g/mol. The van der Waals surface area contributed by atoms with Gasteiger partial charge in [0, 0.05) is 30.8 Å². The highest BCUT2D eigenvalue weighted by atomic mass is 16.5. The molecule has 6 heteroatoms. The number of hydrogen-bond acceptors (Lipinski definition) is 4. The zero-order chi connectivity index (χ0) is 17.8. The minimum absolute atomic E-state index is 0.101. The van der Waals surface area contributed by atoms with E-state index in [4.69, 9.17) is 9.47 Å². The summed E-state index contributed by atoms with van der Waals surface area (Å²) < 4.78 is 12.5. The molecule has 0 unspecified atom stereocenters. The summed E-state index contributed by atoms with van der Waals surface area (Å²) in [5, 5.41) is 4.23. The molecule has 0 spiro atoms. The van der Waals surface area contributed by atoms with Gasteiger partial charge >= 0.3 is 0 Å². The van der Waals surface area contributed by atoms with Crippen molar-refractivity contribution in [2.75, 3.05) is 19.1 Å². The van der Waals surface area contributed by atoms with E-state index in [1.807, 2.05) is 36.3 Å². The first kappa shape index (κ1) is 17.3. The molecule has 1 aromatic heterocycles. The average molecular weight is 343 g/mol. The van der Waals surface area contributed by atoms with Crippen LogP contribution >= 0.6 is 0 Å². The molecule has 1 aliphatic carbocycles. The number of rotatable bonds is 6. The lowest BCUT2D eigenvalue weighted by Gasteiger charge is -2.25. The highest BCUT2D eigenvalue weighted by Gasteiger charge is 2.29. The molecule has 0 saturated heterocycles. The summed E-state index contributed by atoms with van der Waals surface area (Å²) in [6.45, 7) is 0.453. The summed E-state index contributed by atoms with van der Waals surface area (Å²) in [7, 11) is 5.11. The van der Waals surface area contributed by atoms with Crippen molar-refractivity contribution < 1.29 is 14.3 Å². The molecule has 1 aromatic carbocycles. The largest absolute Gasteiger partial charge is 0.497 e. The first-order chi connectivity index (χ1) is 12.1. The first-order valence-corrected chi connectivity index (χ1v) is 8.63. The van der Waals surface area contributed by atoms with Crippen LogP contribution in [0.1, 0.15) is 31.2 Å². The molecule has 1 fully saturated rings. The van der Waals surface area contributed by atoms with Crippen molar-refractivity contribution in [1.29, 1.82) is 0 Å². The molecule has 0 bridgehead atoms. The molecule has 1 saturated carbocycles. The lowest BCUT2D eigenvalue weighted by atomic mass is 10.1. The third kappa shape index (κ3) is 3.78. The second-order valence-electron chi connectivity index (χ2n) is 6.46. The predicted octanol–water partition coefficient (Wildman–Crippen LogP) is 3.16. The quantitative estimate of drug-likeness (QED) is 0.808. The second-order valence-corrected chi connectivity index (χ2v) is 6.46. The smallest absolute Gasteiger partial charge is 0.230 e. The highest BCUT2D eigenvalue weighted by Crippen LogP contribution is 2.32. The third-order valence-corrected chi connectivity index (χ3v) is 4.80. The van der Waals surface area contributed by atoms with E-state index < -0.39 is 0 Å². The fraction of sp³-hybridized carbons (Fsp3) is 0.474. The SMILES string of the molecule is COc1ccc(CN(C(=O)C2CCCC2)c2cnn(C)c2)c(OC)c1. The van der Waals surface area contributed by atoms with Gasteiger partial charge in [0.15, 0.2) is 0 Å². The fourth-order valence-corrected chi connectivity index (χ4v) is 3.39. The number of carbonyl (C=O) groups is 1. The third-order valence-electron chi connectivity index (χ3n) is 4.80. The summed E-state index contributed by atoms with van der Waals surface area (Å²) in [4.78, 5) is 14.9. The minimum Gasteiger partial charge on any atom is -0.497 e. The van der Waals surface area contributed by atoms with Gasteiger partial charge in [-0.25, -0.2) is 0 Å². The normalized spacial score (nSPS) is 14.5. The van der Waals surface area contributed by atoms with Crippen molar-refractivity contribution in [2.45, 2.75) is 32.2 Å². The highest BCUT2D eigenvalue weighted by molar-refractivity contribution is 5.95. The van der Waals surface area contributed by atoms with Crippen molar-refractivity contribution in [1.82, 2.24) is 9.78 Å². The van der Waals surface area contributed by atoms with Crippen LogP contribution in [0.2, 0.25) is 0 Å². The van der Waals surface area contributed by atoms with Crippen LogP contribution in [0.15, 0.2) is 30.6 Å². The van der Waals surface area contributed by atoms with Crippen LogP contribution in [0.25, 0.3) is 0 Å². The lowest BCUT2D eigenvalue weighted by molar-refractivity contribution is -0.122. The molecule has 134 valence electrons. The maximum Gasteiger partial charge on any atom is 0.230 e. The van der Waals surface area contributed by atoms with Gasteiger partial charge in [-0.05, 0) is 25.0 Å². The summed E-state index contributed by atoms with van der Waals surface area (Å²) in [6.07, 6.45) is 7.81. The van der Waals surface area contributed by atoms with Crippen molar-refractivity contribution in [3.05, 3.63) is 36.2 Å². The van der Waals surface area contributed by atoms with Crippen LogP contribution in [0.5, 0.6) is 11.5 Å². The topological polar surface area (TPSA) is 56.6 Å². The molecular weight excluding hydrogens is 318 g/mol. The Hall–Kier alpha value is -2.50. The van der Waals surface area contributed by atoms with Crippen LogP contribution in [0.3, 0.4) is 0 Å². The number of amides is 1. The molecule has 1 aliphatic rings. The number of ether oxygens (including phenoxy) is 2. The number of carbonyl (C=O) groups excluding carboxylic acids is 1. The van der Waals surface area contributed by atoms with E-state index in [-0.39, 0.29) is 11.8 Å². The molecule has 0 aliphatic heterocycles. The molecule has 6 nitrogen and oxygen atoms in total. The summed E-state index contributed by atoms with van der Waals surface area (Å²) >= 11 is 0. The zero-order valence-corrected chi connectivity index (χ0v) is 15.1. The van der Waals surface area contributed by atoms with Crippen molar-refractivity contribution in [2.24, 2.45) is 13.0 Å². The summed E-state index contributed by atoms with van der Waals surface area (Å²) in [5.41, 5.74) is 1.76. The van der Waals surface area contributed by atoms with Gasteiger partial charge in [0.05, 0.1) is 32.6 Å². The van der Waals surface area contributed by atoms with E-state index >= 15 is 0 Å². The zero-order valence-electron chi connectivity index (χ0n) is 15.1. The van der Waals surface area contributed by atoms with Crippen LogP contribution < -0.4 is 14.4 Å². The minimum atomic E-state index is 0.101. The van der Waals surface area contributed by atoms with Gasteiger partial charge in [-0.3, -0.25) is 9.48 Å². The Balaban J connectivity index is 1.91. The molecule has 0 atom stereocenters. The van der Waals surface area contributed by atoms with Gasteiger partial charge in [-0.2, -0.15) is 5.10 Å². The Kier molecular flexibility index (Phi) is 5.26. The van der Waals surface area contributed by atoms with Gasteiger partial charge < -0.3 is 14.4 Å². The maximum atomic E-state index is 13.1. The van der Waals surface area contributed by atoms with Gasteiger partial charge in [0.25, 0.3) is 0 Å². The van der Waals surface area contributed by atoms with E-state index in [9.17, 15) is 4.79 Å². The van der Waals surface area contributed by atoms with E-state index in [2.05, 4.69) is 5.10 Å². The van der Waals surface area contributed by atoms with Crippen LogP contribution in [-0.2, 0) is 18.4 Å². The van der Waals surface area contributed by atoms with Crippen molar-refractivity contribution >= 4 is 11.6 Å². The van der Waals surface area contributed by atoms with Crippen molar-refractivity contribution in [3.8, 4) is 11.5 Å². The standard InChI is InChI=1S/C19H25N3O3/c1-21-13-16(11-20-21)22(19(23)14-6-4-5-7-14)12-15-8-9-17(24-2)10-18(15)25-3/h8-11,13-14H,4-7,12H2,1-3H3. The molecule has 0 N–H and O–H groups in total. The number of anilines is 1. The first-order valence-electron chi connectivity index (χ1n) is 8.63. The summed E-state index contributed by atoms with van der Waals surface area (Å²) in [6, 6.07) is 5.68.